The SMILES string of the molecule is CC(N[C@H](C(=O)O)C1(C2CCCC2)CCCCC1)c1ccc(C=CC(=O)NO)cc1. The zero-order chi connectivity index (χ0) is 21.6. The normalized spacial score (nSPS) is 21.4. The Hall–Kier alpha value is -2.18. The molecule has 1 unspecified atom stereocenters. The first-order valence-corrected chi connectivity index (χ1v) is 11.2. The first-order valence-electron chi connectivity index (χ1n) is 11.2. The molecule has 0 aromatic heterocycles. The number of carbonyl (C=O) groups is 2. The summed E-state index contributed by atoms with van der Waals surface area (Å²) < 4.78 is 0. The van der Waals surface area contributed by atoms with Gasteiger partial charge in [-0.05, 0) is 61.1 Å². The van der Waals surface area contributed by atoms with Crippen LogP contribution in [0.4, 0.5) is 0 Å². The van der Waals surface area contributed by atoms with Crippen molar-refractivity contribution in [2.45, 2.75) is 76.8 Å². The lowest BCUT2D eigenvalue weighted by molar-refractivity contribution is -0.146. The molecule has 0 aliphatic heterocycles. The lowest BCUT2D eigenvalue weighted by Crippen LogP contribution is -2.55. The Labute approximate surface area is 178 Å². The van der Waals surface area contributed by atoms with E-state index in [1.54, 1.807) is 11.6 Å². The van der Waals surface area contributed by atoms with Gasteiger partial charge < -0.3 is 5.11 Å². The molecule has 0 spiro atoms. The molecule has 2 aliphatic rings. The maximum Gasteiger partial charge on any atom is 0.321 e. The average molecular weight is 415 g/mol. The van der Waals surface area contributed by atoms with Gasteiger partial charge in [-0.15, -0.1) is 0 Å². The summed E-state index contributed by atoms with van der Waals surface area (Å²) in [6.45, 7) is 2.02. The van der Waals surface area contributed by atoms with Crippen LogP contribution in [0, 0.1) is 11.3 Å². The van der Waals surface area contributed by atoms with Gasteiger partial charge in [0.25, 0.3) is 5.91 Å². The van der Waals surface area contributed by atoms with Crippen LogP contribution in [0.1, 0.15) is 81.9 Å². The Morgan fingerprint density at radius 1 is 1.07 bits per heavy atom. The Morgan fingerprint density at radius 3 is 2.27 bits per heavy atom. The fourth-order valence-corrected chi connectivity index (χ4v) is 5.58. The van der Waals surface area contributed by atoms with Crippen molar-refractivity contribution in [1.82, 2.24) is 10.8 Å². The van der Waals surface area contributed by atoms with E-state index in [-0.39, 0.29) is 11.5 Å². The number of amides is 1. The predicted molar refractivity (Wildman–Crippen MR) is 116 cm³/mol. The molecule has 6 nitrogen and oxygen atoms in total. The van der Waals surface area contributed by atoms with Gasteiger partial charge in [-0.3, -0.25) is 20.1 Å². The molecule has 0 radical (unpaired) electrons. The molecule has 3 rings (SSSR count). The molecule has 2 saturated carbocycles. The van der Waals surface area contributed by atoms with Crippen LogP contribution >= 0.6 is 0 Å². The number of nitrogens with one attached hydrogen (secondary N) is 2. The molecule has 164 valence electrons. The minimum atomic E-state index is -0.731. The van der Waals surface area contributed by atoms with Crippen molar-refractivity contribution in [3.05, 3.63) is 41.5 Å². The molecule has 1 amide bonds. The summed E-state index contributed by atoms with van der Waals surface area (Å²) in [5, 5.41) is 22.2. The molecule has 4 N–H and O–H groups in total. The van der Waals surface area contributed by atoms with Crippen LogP contribution in [0.3, 0.4) is 0 Å². The molecule has 1 aromatic carbocycles. The number of carbonyl (C=O) groups excluding carboxylic acids is 1. The molecule has 2 atom stereocenters. The molecular weight excluding hydrogens is 380 g/mol. The van der Waals surface area contributed by atoms with Gasteiger partial charge in [-0.2, -0.15) is 0 Å². The van der Waals surface area contributed by atoms with E-state index in [4.69, 9.17) is 5.21 Å². The highest BCUT2D eigenvalue weighted by atomic mass is 16.5. The van der Waals surface area contributed by atoms with Crippen LogP contribution in [0.25, 0.3) is 6.08 Å². The number of benzene rings is 1. The van der Waals surface area contributed by atoms with Crippen molar-refractivity contribution in [2.24, 2.45) is 11.3 Å². The molecule has 1 aromatic rings. The first-order chi connectivity index (χ1) is 14.5. The Bertz CT molecular complexity index is 747. The molecule has 0 heterocycles. The molecule has 0 bridgehead atoms. The van der Waals surface area contributed by atoms with Crippen molar-refractivity contribution in [2.75, 3.05) is 0 Å². The topological polar surface area (TPSA) is 98.7 Å². The third kappa shape index (κ3) is 5.10. The van der Waals surface area contributed by atoms with Crippen LogP contribution in [0.5, 0.6) is 0 Å². The fraction of sp³-hybridized carbons (Fsp3) is 0.583. The van der Waals surface area contributed by atoms with Crippen molar-refractivity contribution >= 4 is 18.0 Å². The van der Waals surface area contributed by atoms with E-state index in [2.05, 4.69) is 5.32 Å². The minimum absolute atomic E-state index is 0.0925. The van der Waals surface area contributed by atoms with Gasteiger partial charge in [0.2, 0.25) is 0 Å². The van der Waals surface area contributed by atoms with Crippen LogP contribution in [0.15, 0.2) is 30.3 Å². The van der Waals surface area contributed by atoms with Crippen LogP contribution in [0.2, 0.25) is 0 Å². The molecule has 6 heteroatoms. The van der Waals surface area contributed by atoms with E-state index in [1.807, 2.05) is 31.2 Å². The van der Waals surface area contributed by atoms with Crippen molar-refractivity contribution in [3.8, 4) is 0 Å². The Balaban J connectivity index is 1.76. The summed E-state index contributed by atoms with van der Waals surface area (Å²) in [5.41, 5.74) is 3.27. The van der Waals surface area contributed by atoms with E-state index in [1.165, 1.54) is 25.3 Å². The van der Waals surface area contributed by atoms with Gasteiger partial charge in [0.1, 0.15) is 6.04 Å². The summed E-state index contributed by atoms with van der Waals surface area (Å²) in [6, 6.07) is 7.05. The monoisotopic (exact) mass is 414 g/mol. The lowest BCUT2D eigenvalue weighted by atomic mass is 9.60. The van der Waals surface area contributed by atoms with Crippen molar-refractivity contribution in [1.29, 1.82) is 0 Å². The van der Waals surface area contributed by atoms with E-state index >= 15 is 0 Å². The second-order valence-electron chi connectivity index (χ2n) is 8.91. The standard InChI is InChI=1S/C24H34N2O4/c1-17(19-12-9-18(10-13-19)11-14-21(27)26-30)25-22(23(28)29)24(15-5-2-6-16-24)20-7-3-4-8-20/h9-14,17,20,22,25,30H,2-8,15-16H2,1H3,(H,26,27)(H,28,29)/t17?,22-/m1/s1. The summed E-state index contributed by atoms with van der Waals surface area (Å²) in [7, 11) is 0. The van der Waals surface area contributed by atoms with Crippen molar-refractivity contribution in [3.63, 3.8) is 0 Å². The van der Waals surface area contributed by atoms with Gasteiger partial charge in [-0.1, -0.05) is 56.4 Å². The Morgan fingerprint density at radius 2 is 1.70 bits per heavy atom. The maximum absolute atomic E-state index is 12.4. The third-order valence-electron chi connectivity index (χ3n) is 7.17. The minimum Gasteiger partial charge on any atom is -0.480 e. The maximum atomic E-state index is 12.4. The van der Waals surface area contributed by atoms with E-state index in [0.717, 1.165) is 49.7 Å². The summed E-state index contributed by atoms with van der Waals surface area (Å²) in [4.78, 5) is 23.6. The van der Waals surface area contributed by atoms with E-state index in [0.29, 0.717) is 5.92 Å². The molecule has 0 saturated heterocycles. The molecule has 2 aliphatic carbocycles. The lowest BCUT2D eigenvalue weighted by Gasteiger charge is -2.47. The average Bonchev–Trinajstić information content (AvgIpc) is 3.32. The quantitative estimate of drug-likeness (QED) is 0.286. The summed E-state index contributed by atoms with van der Waals surface area (Å²) in [5.74, 6) is -0.808. The van der Waals surface area contributed by atoms with Crippen LogP contribution in [-0.2, 0) is 9.59 Å². The third-order valence-corrected chi connectivity index (χ3v) is 7.17. The second-order valence-corrected chi connectivity index (χ2v) is 8.91. The van der Waals surface area contributed by atoms with Crippen molar-refractivity contribution < 1.29 is 19.9 Å². The number of rotatable bonds is 8. The van der Waals surface area contributed by atoms with Gasteiger partial charge in [0.05, 0.1) is 0 Å². The number of hydroxylamine groups is 1. The van der Waals surface area contributed by atoms with E-state index < -0.39 is 17.9 Å². The summed E-state index contributed by atoms with van der Waals surface area (Å²) >= 11 is 0. The smallest absolute Gasteiger partial charge is 0.321 e. The number of carboxylic acid groups (broad SMARTS) is 1. The van der Waals surface area contributed by atoms with Crippen LogP contribution in [-0.4, -0.2) is 28.2 Å². The van der Waals surface area contributed by atoms with E-state index in [9.17, 15) is 14.7 Å². The fourth-order valence-electron chi connectivity index (χ4n) is 5.58. The predicted octanol–water partition coefficient (Wildman–Crippen LogP) is 4.45. The molecule has 30 heavy (non-hydrogen) atoms. The molecular formula is C24H34N2O4. The van der Waals surface area contributed by atoms with Gasteiger partial charge in [0.15, 0.2) is 0 Å². The zero-order valence-corrected chi connectivity index (χ0v) is 17.8. The largest absolute Gasteiger partial charge is 0.480 e. The second kappa shape index (κ2) is 10.2. The van der Waals surface area contributed by atoms with Gasteiger partial charge in [0, 0.05) is 12.1 Å². The Kier molecular flexibility index (Phi) is 7.67. The van der Waals surface area contributed by atoms with Gasteiger partial charge in [-0.25, -0.2) is 5.48 Å². The van der Waals surface area contributed by atoms with Gasteiger partial charge >= 0.3 is 5.97 Å². The highest BCUT2D eigenvalue weighted by Gasteiger charge is 2.49. The number of hydrogen-bond acceptors (Lipinski definition) is 4. The molecule has 2 fully saturated rings. The zero-order valence-electron chi connectivity index (χ0n) is 17.8. The number of hydrogen-bond donors (Lipinski definition) is 4. The number of carboxylic acids is 1. The highest BCUT2D eigenvalue weighted by Crippen LogP contribution is 2.51. The first kappa shape index (κ1) is 22.5. The van der Waals surface area contributed by atoms with Crippen LogP contribution < -0.4 is 10.8 Å². The number of aliphatic carboxylic acids is 1. The summed E-state index contributed by atoms with van der Waals surface area (Å²) in [6.07, 6.45) is 13.1. The highest BCUT2D eigenvalue weighted by molar-refractivity contribution is 5.90.